The molecule has 0 aliphatic carbocycles. The molecule has 2 aliphatic heterocycles. The third-order valence-corrected chi connectivity index (χ3v) is 7.87. The van der Waals surface area contributed by atoms with E-state index in [-0.39, 0.29) is 23.4 Å². The highest BCUT2D eigenvalue weighted by Crippen LogP contribution is 2.33. The van der Waals surface area contributed by atoms with Crippen LogP contribution in [0.25, 0.3) is 0 Å². The molecule has 1 aromatic heterocycles. The molecular formula is C34H32N4O4. The zero-order valence-corrected chi connectivity index (χ0v) is 23.4. The van der Waals surface area contributed by atoms with Gasteiger partial charge in [0.2, 0.25) is 5.91 Å². The summed E-state index contributed by atoms with van der Waals surface area (Å²) in [5, 5.41) is 5.66. The molecule has 1 unspecified atom stereocenters. The summed E-state index contributed by atoms with van der Waals surface area (Å²) in [5.74, 6) is -1.10. The van der Waals surface area contributed by atoms with Crippen LogP contribution in [-0.4, -0.2) is 48.3 Å². The summed E-state index contributed by atoms with van der Waals surface area (Å²) < 4.78 is 5.25. The summed E-state index contributed by atoms with van der Waals surface area (Å²) in [5.41, 5.74) is 5.49. The van der Waals surface area contributed by atoms with E-state index in [9.17, 15) is 14.4 Å². The molecule has 8 heteroatoms. The third-order valence-electron chi connectivity index (χ3n) is 7.87. The van der Waals surface area contributed by atoms with Gasteiger partial charge in [-0.3, -0.25) is 19.4 Å². The lowest BCUT2D eigenvalue weighted by molar-refractivity contribution is -0.115. The number of fused-ring (bicyclic) bond motifs is 1. The Bertz CT molecular complexity index is 1670. The first kappa shape index (κ1) is 27.4. The molecule has 0 radical (unpaired) electrons. The van der Waals surface area contributed by atoms with Crippen LogP contribution in [-0.2, 0) is 11.2 Å². The number of hydrogen-bond acceptors (Lipinski definition) is 6. The number of carbonyl (C=O) groups excluding carboxylic acids is 3. The topological polar surface area (TPSA) is 104 Å². The number of hydrogen-bond donors (Lipinski definition) is 2. The molecule has 0 saturated carbocycles. The van der Waals surface area contributed by atoms with E-state index in [1.54, 1.807) is 61.7 Å². The van der Waals surface area contributed by atoms with E-state index < -0.39 is 5.92 Å². The lowest BCUT2D eigenvalue weighted by Crippen LogP contribution is -2.21. The van der Waals surface area contributed by atoms with Gasteiger partial charge in [-0.2, -0.15) is 0 Å². The van der Waals surface area contributed by atoms with Gasteiger partial charge in [-0.1, -0.05) is 36.4 Å². The fraction of sp³-hybridized carbons (Fsp3) is 0.235. The van der Waals surface area contributed by atoms with Crippen molar-refractivity contribution in [2.75, 3.05) is 30.3 Å². The van der Waals surface area contributed by atoms with Crippen LogP contribution in [0.2, 0.25) is 0 Å². The Labute approximate surface area is 244 Å². The zero-order chi connectivity index (χ0) is 29.1. The standard InChI is InChI=1S/C34H32N4O4/c1-22-14-18-42-32(22)34(41)36-27-6-4-5-24(19-27)31(39)25-9-12-28-29(33(40)37-30(28)20-25)21-35-26-10-7-23(8-11-26)13-17-38-15-2-3-16-38/h4-12,14,18-21,29H,2-3,13,15-17H2,1H3,(H,36,41)(H,37,40). The molecule has 8 nitrogen and oxygen atoms in total. The second-order valence-electron chi connectivity index (χ2n) is 10.8. The zero-order valence-electron chi connectivity index (χ0n) is 23.4. The molecule has 2 N–H and O–H groups in total. The van der Waals surface area contributed by atoms with Gasteiger partial charge in [0.05, 0.1) is 12.0 Å². The molecule has 2 amide bonds. The maximum absolute atomic E-state index is 13.3. The second kappa shape index (κ2) is 12.0. The monoisotopic (exact) mass is 560 g/mol. The van der Waals surface area contributed by atoms with Crippen molar-refractivity contribution in [3.05, 3.63) is 113 Å². The van der Waals surface area contributed by atoms with Crippen LogP contribution in [0.1, 0.15) is 61.9 Å². The molecule has 3 heterocycles. The highest BCUT2D eigenvalue weighted by atomic mass is 16.3. The van der Waals surface area contributed by atoms with E-state index in [0.29, 0.717) is 22.5 Å². The number of carbonyl (C=O) groups is 3. The molecule has 3 aromatic carbocycles. The summed E-state index contributed by atoms with van der Waals surface area (Å²) in [6.07, 6.45) is 6.74. The van der Waals surface area contributed by atoms with E-state index in [2.05, 4.69) is 32.7 Å². The molecular weight excluding hydrogens is 528 g/mol. The SMILES string of the molecule is Cc1ccoc1C(=O)Nc1cccc(C(=O)c2ccc3c(c2)NC(=O)C3C=Nc2ccc(CCN3CCCC3)cc2)c1. The van der Waals surface area contributed by atoms with Gasteiger partial charge in [0.25, 0.3) is 5.91 Å². The van der Waals surface area contributed by atoms with Crippen LogP contribution in [0.15, 0.2) is 88.5 Å². The van der Waals surface area contributed by atoms with Gasteiger partial charge in [0.15, 0.2) is 11.5 Å². The number of aryl methyl sites for hydroxylation is 1. The Morgan fingerprint density at radius 2 is 1.81 bits per heavy atom. The van der Waals surface area contributed by atoms with Gasteiger partial charge < -0.3 is 20.0 Å². The Kier molecular flexibility index (Phi) is 7.79. The first-order valence-electron chi connectivity index (χ1n) is 14.2. The number of nitrogens with one attached hydrogen (secondary N) is 2. The smallest absolute Gasteiger partial charge is 0.291 e. The van der Waals surface area contributed by atoms with Gasteiger partial charge in [0, 0.05) is 40.8 Å². The van der Waals surface area contributed by atoms with Crippen LogP contribution in [0.4, 0.5) is 17.1 Å². The van der Waals surface area contributed by atoms with Crippen LogP contribution in [0.3, 0.4) is 0 Å². The van der Waals surface area contributed by atoms with Crippen molar-refractivity contribution in [3.8, 4) is 0 Å². The fourth-order valence-corrected chi connectivity index (χ4v) is 5.48. The lowest BCUT2D eigenvalue weighted by Gasteiger charge is -2.14. The van der Waals surface area contributed by atoms with Gasteiger partial charge in [-0.15, -0.1) is 0 Å². The van der Waals surface area contributed by atoms with Crippen LogP contribution >= 0.6 is 0 Å². The Balaban J connectivity index is 1.11. The second-order valence-corrected chi connectivity index (χ2v) is 10.8. The molecule has 0 bridgehead atoms. The van der Waals surface area contributed by atoms with Gasteiger partial charge in [-0.05, 0) is 86.8 Å². The van der Waals surface area contributed by atoms with Crippen molar-refractivity contribution < 1.29 is 18.8 Å². The number of anilines is 2. The highest BCUT2D eigenvalue weighted by Gasteiger charge is 2.30. The number of ketones is 1. The quantitative estimate of drug-likeness (QED) is 0.189. The summed E-state index contributed by atoms with van der Waals surface area (Å²) in [7, 11) is 0. The van der Waals surface area contributed by atoms with Crippen molar-refractivity contribution in [2.24, 2.45) is 4.99 Å². The molecule has 42 heavy (non-hydrogen) atoms. The van der Waals surface area contributed by atoms with Crippen molar-refractivity contribution in [3.63, 3.8) is 0 Å². The molecule has 6 rings (SSSR count). The molecule has 1 fully saturated rings. The molecule has 1 saturated heterocycles. The lowest BCUT2D eigenvalue weighted by atomic mass is 9.97. The summed E-state index contributed by atoms with van der Waals surface area (Å²) in [6, 6.07) is 21.8. The molecule has 1 atom stereocenters. The molecule has 0 spiro atoms. The van der Waals surface area contributed by atoms with Gasteiger partial charge >= 0.3 is 0 Å². The average molecular weight is 561 g/mol. The predicted molar refractivity (Wildman–Crippen MR) is 163 cm³/mol. The van der Waals surface area contributed by atoms with Crippen LogP contribution in [0, 0.1) is 6.92 Å². The first-order chi connectivity index (χ1) is 20.4. The minimum Gasteiger partial charge on any atom is -0.459 e. The molecule has 4 aromatic rings. The van der Waals surface area contributed by atoms with Crippen LogP contribution < -0.4 is 10.6 Å². The minimum atomic E-state index is -0.539. The van der Waals surface area contributed by atoms with Gasteiger partial charge in [-0.25, -0.2) is 0 Å². The Morgan fingerprint density at radius 3 is 2.57 bits per heavy atom. The number of benzene rings is 3. The van der Waals surface area contributed by atoms with Crippen LogP contribution in [0.5, 0.6) is 0 Å². The van der Waals surface area contributed by atoms with E-state index in [1.807, 2.05) is 12.1 Å². The summed E-state index contributed by atoms with van der Waals surface area (Å²) >= 11 is 0. The molecule has 2 aliphatic rings. The van der Waals surface area contributed by atoms with E-state index in [1.165, 1.54) is 37.8 Å². The number of rotatable bonds is 9. The van der Waals surface area contributed by atoms with Crippen molar-refractivity contribution in [1.82, 2.24) is 4.90 Å². The minimum absolute atomic E-state index is 0.182. The normalized spacial score (nSPS) is 16.5. The number of furan rings is 1. The number of likely N-dealkylation sites (tertiary alicyclic amines) is 1. The molecule has 212 valence electrons. The fourth-order valence-electron chi connectivity index (χ4n) is 5.48. The maximum Gasteiger partial charge on any atom is 0.291 e. The third kappa shape index (κ3) is 5.94. The Hall–Kier alpha value is -4.82. The van der Waals surface area contributed by atoms with Crippen molar-refractivity contribution in [1.29, 1.82) is 0 Å². The largest absolute Gasteiger partial charge is 0.459 e. The van der Waals surface area contributed by atoms with Gasteiger partial charge in [0.1, 0.15) is 5.92 Å². The van der Waals surface area contributed by atoms with E-state index in [0.717, 1.165) is 29.8 Å². The van der Waals surface area contributed by atoms with E-state index in [4.69, 9.17) is 4.42 Å². The van der Waals surface area contributed by atoms with Crippen molar-refractivity contribution >= 4 is 40.9 Å². The average Bonchev–Trinajstić information content (AvgIpc) is 3.75. The number of aliphatic imine (C=N–C) groups is 1. The first-order valence-corrected chi connectivity index (χ1v) is 14.2. The summed E-state index contributed by atoms with van der Waals surface area (Å²) in [4.78, 5) is 45.7. The maximum atomic E-state index is 13.3. The number of amides is 2. The number of nitrogens with zero attached hydrogens (tertiary/aromatic N) is 2. The highest BCUT2D eigenvalue weighted by molar-refractivity contribution is 6.15. The van der Waals surface area contributed by atoms with Crippen molar-refractivity contribution in [2.45, 2.75) is 32.1 Å². The Morgan fingerprint density at radius 1 is 1.02 bits per heavy atom. The summed E-state index contributed by atoms with van der Waals surface area (Å²) in [6.45, 7) is 5.26. The predicted octanol–water partition coefficient (Wildman–Crippen LogP) is 6.15. The van der Waals surface area contributed by atoms with E-state index >= 15 is 0 Å².